The molecule has 0 unspecified atom stereocenters. The van der Waals surface area contributed by atoms with Crippen molar-refractivity contribution in [1.29, 1.82) is 0 Å². The first-order valence-electron chi connectivity index (χ1n) is 7.20. The first-order valence-corrected chi connectivity index (χ1v) is 7.20. The maximum Gasteiger partial charge on any atom is 0.222 e. The summed E-state index contributed by atoms with van der Waals surface area (Å²) in [5.41, 5.74) is 10.4. The fraction of sp³-hybridized carbons (Fsp3) is 0.412. The topological polar surface area (TPSA) is 63.8 Å². The third kappa shape index (κ3) is 4.45. The SMILES string of the molecule is Cc1cc(C)cc(-c2cc(NCC(C)(C)C)nc(N)n2)c1. The van der Waals surface area contributed by atoms with E-state index < -0.39 is 0 Å². The summed E-state index contributed by atoms with van der Waals surface area (Å²) >= 11 is 0. The van der Waals surface area contributed by atoms with Gasteiger partial charge in [-0.05, 0) is 31.4 Å². The lowest BCUT2D eigenvalue weighted by Gasteiger charge is -2.19. The molecule has 1 aromatic carbocycles. The molecule has 1 heterocycles. The number of benzene rings is 1. The lowest BCUT2D eigenvalue weighted by atomic mass is 9.97. The zero-order valence-corrected chi connectivity index (χ0v) is 13.5. The molecule has 2 rings (SSSR count). The van der Waals surface area contributed by atoms with Gasteiger partial charge in [-0.15, -0.1) is 0 Å². The second-order valence-corrected chi connectivity index (χ2v) is 6.79. The lowest BCUT2D eigenvalue weighted by Crippen LogP contribution is -2.20. The standard InChI is InChI=1S/C17H24N4/c1-11-6-12(2)8-13(7-11)14-9-15(21-16(18)20-14)19-10-17(3,4)5/h6-9H,10H2,1-5H3,(H3,18,19,20,21). The molecular weight excluding hydrogens is 260 g/mol. The molecule has 1 aromatic heterocycles. The molecule has 0 radical (unpaired) electrons. The van der Waals surface area contributed by atoms with Gasteiger partial charge in [0.05, 0.1) is 5.69 Å². The Morgan fingerprint density at radius 1 is 1.00 bits per heavy atom. The van der Waals surface area contributed by atoms with Gasteiger partial charge in [-0.1, -0.05) is 38.0 Å². The van der Waals surface area contributed by atoms with E-state index in [0.29, 0.717) is 5.95 Å². The van der Waals surface area contributed by atoms with E-state index in [1.807, 2.05) is 6.07 Å². The molecule has 3 N–H and O–H groups in total. The molecule has 112 valence electrons. The van der Waals surface area contributed by atoms with Crippen molar-refractivity contribution < 1.29 is 0 Å². The van der Waals surface area contributed by atoms with Gasteiger partial charge in [0.2, 0.25) is 5.95 Å². The molecule has 0 bridgehead atoms. The van der Waals surface area contributed by atoms with E-state index in [9.17, 15) is 0 Å². The molecule has 21 heavy (non-hydrogen) atoms. The molecule has 0 saturated heterocycles. The maximum absolute atomic E-state index is 5.85. The predicted molar refractivity (Wildman–Crippen MR) is 89.3 cm³/mol. The van der Waals surface area contributed by atoms with E-state index in [1.54, 1.807) is 0 Å². The van der Waals surface area contributed by atoms with E-state index >= 15 is 0 Å². The summed E-state index contributed by atoms with van der Waals surface area (Å²) < 4.78 is 0. The lowest BCUT2D eigenvalue weighted by molar-refractivity contribution is 0.442. The third-order valence-corrected chi connectivity index (χ3v) is 3.06. The van der Waals surface area contributed by atoms with Gasteiger partial charge < -0.3 is 11.1 Å². The molecule has 0 atom stereocenters. The first kappa shape index (κ1) is 15.3. The molecule has 2 aromatic rings. The maximum atomic E-state index is 5.85. The van der Waals surface area contributed by atoms with Gasteiger partial charge in [0, 0.05) is 18.2 Å². The van der Waals surface area contributed by atoms with Crippen LogP contribution in [0.2, 0.25) is 0 Å². The van der Waals surface area contributed by atoms with Gasteiger partial charge in [-0.25, -0.2) is 4.98 Å². The second kappa shape index (κ2) is 5.72. The minimum absolute atomic E-state index is 0.180. The van der Waals surface area contributed by atoms with Crippen LogP contribution in [0.5, 0.6) is 0 Å². The average molecular weight is 284 g/mol. The average Bonchev–Trinajstić information content (AvgIpc) is 2.34. The van der Waals surface area contributed by atoms with Crippen LogP contribution in [-0.4, -0.2) is 16.5 Å². The fourth-order valence-electron chi connectivity index (χ4n) is 2.18. The van der Waals surface area contributed by atoms with Gasteiger partial charge >= 0.3 is 0 Å². The number of hydrogen-bond acceptors (Lipinski definition) is 4. The van der Waals surface area contributed by atoms with Crippen LogP contribution in [0, 0.1) is 19.3 Å². The number of aromatic nitrogens is 2. The predicted octanol–water partition coefficient (Wildman–Crippen LogP) is 3.80. The van der Waals surface area contributed by atoms with Gasteiger partial charge in [0.25, 0.3) is 0 Å². The minimum atomic E-state index is 0.180. The molecular formula is C17H24N4. The van der Waals surface area contributed by atoms with Crippen molar-refractivity contribution >= 4 is 11.8 Å². The highest BCUT2D eigenvalue weighted by atomic mass is 15.1. The van der Waals surface area contributed by atoms with Crippen molar-refractivity contribution in [3.05, 3.63) is 35.4 Å². The first-order chi connectivity index (χ1) is 9.73. The number of rotatable bonds is 3. The van der Waals surface area contributed by atoms with Crippen LogP contribution >= 0.6 is 0 Å². The summed E-state index contributed by atoms with van der Waals surface area (Å²) in [6, 6.07) is 8.33. The van der Waals surface area contributed by atoms with Crippen molar-refractivity contribution in [2.45, 2.75) is 34.6 Å². The highest BCUT2D eigenvalue weighted by molar-refractivity contribution is 5.65. The number of nitrogen functional groups attached to an aromatic ring is 1. The molecule has 0 aliphatic rings. The molecule has 4 nitrogen and oxygen atoms in total. The van der Waals surface area contributed by atoms with Gasteiger partial charge in [0.15, 0.2) is 0 Å². The summed E-state index contributed by atoms with van der Waals surface area (Å²) in [6.07, 6.45) is 0. The van der Waals surface area contributed by atoms with Crippen LogP contribution in [0.3, 0.4) is 0 Å². The normalized spacial score (nSPS) is 11.5. The van der Waals surface area contributed by atoms with E-state index in [2.05, 4.69) is 68.1 Å². The van der Waals surface area contributed by atoms with Gasteiger partial charge in [-0.2, -0.15) is 4.98 Å². The Balaban J connectivity index is 2.34. The largest absolute Gasteiger partial charge is 0.369 e. The van der Waals surface area contributed by atoms with Crippen molar-refractivity contribution in [3.63, 3.8) is 0 Å². The quantitative estimate of drug-likeness (QED) is 0.899. The molecule has 4 heteroatoms. The Hall–Kier alpha value is -2.10. The molecule has 0 aliphatic heterocycles. The Kier molecular flexibility index (Phi) is 4.16. The Morgan fingerprint density at radius 2 is 1.62 bits per heavy atom. The number of hydrogen-bond donors (Lipinski definition) is 2. The number of anilines is 2. The molecule has 0 spiro atoms. The Morgan fingerprint density at radius 3 is 2.19 bits per heavy atom. The van der Waals surface area contributed by atoms with Crippen LogP contribution in [0.25, 0.3) is 11.3 Å². The summed E-state index contributed by atoms with van der Waals surface area (Å²) in [5, 5.41) is 3.33. The zero-order valence-electron chi connectivity index (χ0n) is 13.5. The number of nitrogens with one attached hydrogen (secondary N) is 1. The van der Waals surface area contributed by atoms with Crippen molar-refractivity contribution in [2.24, 2.45) is 5.41 Å². The summed E-state index contributed by atoms with van der Waals surface area (Å²) in [5.74, 6) is 1.06. The van der Waals surface area contributed by atoms with E-state index in [0.717, 1.165) is 23.6 Å². The van der Waals surface area contributed by atoms with Crippen molar-refractivity contribution in [1.82, 2.24) is 9.97 Å². The van der Waals surface area contributed by atoms with Crippen LogP contribution in [0.4, 0.5) is 11.8 Å². The molecule has 0 fully saturated rings. The van der Waals surface area contributed by atoms with Crippen LogP contribution in [0.1, 0.15) is 31.9 Å². The molecule has 0 saturated carbocycles. The highest BCUT2D eigenvalue weighted by Gasteiger charge is 2.11. The monoisotopic (exact) mass is 284 g/mol. The number of nitrogens with two attached hydrogens (primary N) is 1. The summed E-state index contributed by atoms with van der Waals surface area (Å²) in [7, 11) is 0. The zero-order chi connectivity index (χ0) is 15.6. The van der Waals surface area contributed by atoms with Crippen molar-refractivity contribution in [3.8, 4) is 11.3 Å². The van der Waals surface area contributed by atoms with Gasteiger partial charge in [0.1, 0.15) is 5.82 Å². The van der Waals surface area contributed by atoms with Gasteiger partial charge in [-0.3, -0.25) is 0 Å². The van der Waals surface area contributed by atoms with E-state index in [-0.39, 0.29) is 5.41 Å². The van der Waals surface area contributed by atoms with E-state index in [4.69, 9.17) is 5.73 Å². The Labute approximate surface area is 126 Å². The number of aryl methyl sites for hydroxylation is 2. The van der Waals surface area contributed by atoms with E-state index in [1.165, 1.54) is 11.1 Å². The van der Waals surface area contributed by atoms with Crippen LogP contribution in [0.15, 0.2) is 24.3 Å². The molecule has 0 aliphatic carbocycles. The highest BCUT2D eigenvalue weighted by Crippen LogP contribution is 2.24. The minimum Gasteiger partial charge on any atom is -0.369 e. The third-order valence-electron chi connectivity index (χ3n) is 3.06. The summed E-state index contributed by atoms with van der Waals surface area (Å²) in [4.78, 5) is 8.62. The Bertz CT molecular complexity index is 621. The van der Waals surface area contributed by atoms with Crippen molar-refractivity contribution in [2.75, 3.05) is 17.6 Å². The summed E-state index contributed by atoms with van der Waals surface area (Å²) in [6.45, 7) is 11.5. The smallest absolute Gasteiger partial charge is 0.222 e. The fourth-order valence-corrected chi connectivity index (χ4v) is 2.18. The number of nitrogens with zero attached hydrogens (tertiary/aromatic N) is 2. The van der Waals surface area contributed by atoms with Crippen LogP contribution < -0.4 is 11.1 Å². The second-order valence-electron chi connectivity index (χ2n) is 6.79. The molecule has 0 amide bonds. The van der Waals surface area contributed by atoms with Crippen LogP contribution in [-0.2, 0) is 0 Å².